The van der Waals surface area contributed by atoms with Crippen molar-refractivity contribution in [2.45, 2.75) is 44.0 Å². The summed E-state index contributed by atoms with van der Waals surface area (Å²) in [6.07, 6.45) is 0.307. The number of carboxylic acid groups (broad SMARTS) is 1. The molecule has 0 aliphatic carbocycles. The maximum absolute atomic E-state index is 13.0. The fourth-order valence-corrected chi connectivity index (χ4v) is 4.74. The number of anilines is 1. The molecule has 2 saturated heterocycles. The van der Waals surface area contributed by atoms with Gasteiger partial charge in [-0.3, -0.25) is 18.9 Å². The standard InChI is InChI=1S/C17H23N7O9S2/c1-17(2,15(28)29)33-22-10(8-6-34-16(19)20-8)12(25)21-11-9(24(14(11)27)35(30,31)32)5-23-4-3-7(18)13(23)26/h6-7,9,11H,3-5,18H2,1-2H3,(H2,19,20)(H,21,25)(H,28,29)(H,30,31,32)/b22-10+/t7-,9+,11-/m0/s1. The molecular formula is C17H23N7O9S2. The van der Waals surface area contributed by atoms with Gasteiger partial charge in [0.05, 0.1) is 12.1 Å². The molecule has 1 aromatic heterocycles. The van der Waals surface area contributed by atoms with E-state index in [2.05, 4.69) is 15.5 Å². The summed E-state index contributed by atoms with van der Waals surface area (Å²) in [4.78, 5) is 59.1. The number of carbonyl (C=O) groups excluding carboxylic acids is 3. The van der Waals surface area contributed by atoms with E-state index in [0.29, 0.717) is 6.42 Å². The maximum Gasteiger partial charge on any atom is 0.362 e. The van der Waals surface area contributed by atoms with Crippen molar-refractivity contribution in [3.05, 3.63) is 11.1 Å². The Hall–Kier alpha value is -3.35. The molecule has 0 saturated carbocycles. The van der Waals surface area contributed by atoms with E-state index >= 15 is 0 Å². The average Bonchev–Trinajstić information content (AvgIpc) is 3.30. The monoisotopic (exact) mass is 533 g/mol. The quantitative estimate of drug-likeness (QED) is 0.0946. The van der Waals surface area contributed by atoms with Crippen molar-refractivity contribution in [3.63, 3.8) is 0 Å². The Morgan fingerprint density at radius 2 is 2.03 bits per heavy atom. The second-order valence-corrected chi connectivity index (χ2v) is 10.4. The minimum absolute atomic E-state index is 0.0528. The summed E-state index contributed by atoms with van der Waals surface area (Å²) in [5, 5.41) is 16.5. The Morgan fingerprint density at radius 3 is 2.51 bits per heavy atom. The van der Waals surface area contributed by atoms with Gasteiger partial charge in [-0.25, -0.2) is 14.1 Å². The van der Waals surface area contributed by atoms with E-state index < -0.39 is 63.4 Å². The molecule has 3 atom stereocenters. The van der Waals surface area contributed by atoms with Gasteiger partial charge in [0.1, 0.15) is 11.7 Å². The van der Waals surface area contributed by atoms with E-state index in [1.165, 1.54) is 24.1 Å². The lowest BCUT2D eigenvalue weighted by atomic mass is 9.97. The van der Waals surface area contributed by atoms with Gasteiger partial charge < -0.3 is 31.6 Å². The number of thiazole rings is 1. The maximum atomic E-state index is 13.0. The van der Waals surface area contributed by atoms with E-state index in [1.807, 2.05) is 0 Å². The third-order valence-electron chi connectivity index (χ3n) is 5.31. The molecule has 3 heterocycles. The van der Waals surface area contributed by atoms with Crippen molar-refractivity contribution < 1.29 is 42.1 Å². The Morgan fingerprint density at radius 1 is 1.37 bits per heavy atom. The normalized spacial score (nSPS) is 23.3. The largest absolute Gasteiger partial charge is 0.478 e. The third-order valence-corrected chi connectivity index (χ3v) is 6.93. The van der Waals surface area contributed by atoms with Crippen LogP contribution in [0.1, 0.15) is 26.0 Å². The first-order chi connectivity index (χ1) is 16.1. The number of hydrogen-bond donors (Lipinski definition) is 5. The molecule has 3 rings (SSSR count). The Balaban J connectivity index is 1.87. The molecule has 2 aliphatic rings. The molecule has 7 N–H and O–H groups in total. The van der Waals surface area contributed by atoms with Crippen LogP contribution >= 0.6 is 11.3 Å². The minimum atomic E-state index is -5.00. The van der Waals surface area contributed by atoms with Crippen molar-refractivity contribution >= 4 is 56.2 Å². The van der Waals surface area contributed by atoms with Crippen LogP contribution in [0.25, 0.3) is 0 Å². The minimum Gasteiger partial charge on any atom is -0.478 e. The van der Waals surface area contributed by atoms with Gasteiger partial charge in [-0.15, -0.1) is 11.3 Å². The number of aliphatic carboxylic acids is 1. The number of carboxylic acids is 1. The summed E-state index contributed by atoms with van der Waals surface area (Å²) in [6, 6.07) is -3.61. The lowest BCUT2D eigenvalue weighted by molar-refractivity contribution is -0.161. The van der Waals surface area contributed by atoms with Crippen LogP contribution in [-0.4, -0.2) is 98.5 Å². The second kappa shape index (κ2) is 9.36. The predicted octanol–water partition coefficient (Wildman–Crippen LogP) is -2.63. The third kappa shape index (κ3) is 5.34. The molecule has 0 radical (unpaired) electrons. The van der Waals surface area contributed by atoms with Crippen LogP contribution in [0.3, 0.4) is 0 Å². The number of rotatable bonds is 9. The van der Waals surface area contributed by atoms with Crippen molar-refractivity contribution in [2.24, 2.45) is 10.9 Å². The van der Waals surface area contributed by atoms with Crippen molar-refractivity contribution in [1.29, 1.82) is 0 Å². The van der Waals surface area contributed by atoms with Gasteiger partial charge in [-0.1, -0.05) is 5.16 Å². The summed E-state index contributed by atoms with van der Waals surface area (Å²) in [6.45, 7) is 2.21. The summed E-state index contributed by atoms with van der Waals surface area (Å²) >= 11 is 0.945. The number of amides is 3. The zero-order valence-electron chi connectivity index (χ0n) is 18.4. The number of nitrogen functional groups attached to an aromatic ring is 1. The molecule has 3 amide bonds. The first-order valence-electron chi connectivity index (χ1n) is 10.0. The number of nitrogens with one attached hydrogen (secondary N) is 1. The second-order valence-electron chi connectivity index (χ2n) is 8.23. The van der Waals surface area contributed by atoms with Crippen LogP contribution in [0.15, 0.2) is 10.5 Å². The van der Waals surface area contributed by atoms with Gasteiger partial charge >= 0.3 is 16.3 Å². The van der Waals surface area contributed by atoms with E-state index in [1.54, 1.807) is 0 Å². The molecule has 192 valence electrons. The highest BCUT2D eigenvalue weighted by atomic mass is 32.2. The average molecular weight is 534 g/mol. The first-order valence-corrected chi connectivity index (χ1v) is 12.3. The fraction of sp³-hybridized carbons (Fsp3) is 0.529. The molecule has 35 heavy (non-hydrogen) atoms. The lowest BCUT2D eigenvalue weighted by Crippen LogP contribution is -2.74. The van der Waals surface area contributed by atoms with Crippen molar-refractivity contribution in [2.75, 3.05) is 18.8 Å². The lowest BCUT2D eigenvalue weighted by Gasteiger charge is -2.45. The highest BCUT2D eigenvalue weighted by Crippen LogP contribution is 2.26. The summed E-state index contributed by atoms with van der Waals surface area (Å²) in [5.74, 6) is -4.09. The molecule has 0 unspecified atom stereocenters. The molecule has 2 aliphatic heterocycles. The fourth-order valence-electron chi connectivity index (χ4n) is 3.32. The molecule has 18 heteroatoms. The van der Waals surface area contributed by atoms with Gasteiger partial charge in [-0.05, 0) is 20.3 Å². The van der Waals surface area contributed by atoms with Gasteiger partial charge in [0.25, 0.3) is 11.8 Å². The van der Waals surface area contributed by atoms with Crippen LogP contribution in [0, 0.1) is 0 Å². The van der Waals surface area contributed by atoms with E-state index in [9.17, 15) is 37.3 Å². The van der Waals surface area contributed by atoms with Gasteiger partial charge in [0.15, 0.2) is 10.8 Å². The SMILES string of the molecule is CC(C)(O/N=C(/C(=O)N[C@@H]1C(=O)N(S(=O)(=O)O)[C@@H]1CN1CC[C@H](N)C1=O)c1csc(N)n1)C(=O)O. The molecular weight excluding hydrogens is 510 g/mol. The first kappa shape index (κ1) is 26.3. The number of oxime groups is 1. The number of β-lactam (4-membered cyclic amide) rings is 1. The molecule has 0 bridgehead atoms. The molecule has 1 aromatic rings. The van der Waals surface area contributed by atoms with Crippen LogP contribution in [0.4, 0.5) is 5.13 Å². The zero-order chi connectivity index (χ0) is 26.3. The van der Waals surface area contributed by atoms with Crippen molar-refractivity contribution in [3.8, 4) is 0 Å². The number of nitrogens with two attached hydrogens (primary N) is 2. The van der Waals surface area contributed by atoms with Crippen LogP contribution in [0.2, 0.25) is 0 Å². The molecule has 16 nitrogen and oxygen atoms in total. The van der Waals surface area contributed by atoms with Gasteiger partial charge in [-0.2, -0.15) is 8.42 Å². The molecule has 0 spiro atoms. The highest BCUT2D eigenvalue weighted by molar-refractivity contribution is 7.84. The van der Waals surface area contributed by atoms with E-state index in [4.69, 9.17) is 16.3 Å². The van der Waals surface area contributed by atoms with E-state index in [-0.39, 0.29) is 28.2 Å². The number of hydrogen-bond acceptors (Lipinski definition) is 12. The molecule has 0 aromatic carbocycles. The topological polar surface area (TPSA) is 248 Å². The summed E-state index contributed by atoms with van der Waals surface area (Å²) in [5.41, 5.74) is 8.79. The van der Waals surface area contributed by atoms with Gasteiger partial charge in [0.2, 0.25) is 11.5 Å². The number of aromatic nitrogens is 1. The highest BCUT2D eigenvalue weighted by Gasteiger charge is 2.55. The number of nitrogens with zero attached hydrogens (tertiary/aromatic N) is 4. The molecule has 2 fully saturated rings. The number of likely N-dealkylation sites (tertiary alicyclic amines) is 1. The number of carbonyl (C=O) groups is 4. The predicted molar refractivity (Wildman–Crippen MR) is 119 cm³/mol. The smallest absolute Gasteiger partial charge is 0.362 e. The van der Waals surface area contributed by atoms with Crippen LogP contribution in [-0.2, 0) is 34.3 Å². The van der Waals surface area contributed by atoms with Crippen LogP contribution < -0.4 is 16.8 Å². The summed E-state index contributed by atoms with van der Waals surface area (Å²) in [7, 11) is -5.00. The summed E-state index contributed by atoms with van der Waals surface area (Å²) < 4.78 is 33.0. The Labute approximate surface area is 202 Å². The zero-order valence-corrected chi connectivity index (χ0v) is 20.1. The van der Waals surface area contributed by atoms with Gasteiger partial charge in [0, 0.05) is 18.5 Å². The Kier molecular flexibility index (Phi) is 7.02. The van der Waals surface area contributed by atoms with E-state index in [0.717, 1.165) is 11.3 Å². The Bertz CT molecular complexity index is 1200. The van der Waals surface area contributed by atoms with Crippen molar-refractivity contribution in [1.82, 2.24) is 19.5 Å². The van der Waals surface area contributed by atoms with Crippen LogP contribution in [0.5, 0.6) is 0 Å².